The Bertz CT molecular complexity index is 728. The van der Waals surface area contributed by atoms with Crippen LogP contribution in [0.4, 0.5) is 0 Å². The Morgan fingerprint density at radius 2 is 1.92 bits per heavy atom. The zero-order valence-corrected chi connectivity index (χ0v) is 14.7. The molecule has 1 saturated carbocycles. The van der Waals surface area contributed by atoms with Crippen LogP contribution in [0.5, 0.6) is 0 Å². The van der Waals surface area contributed by atoms with E-state index in [2.05, 4.69) is 24.8 Å². The summed E-state index contributed by atoms with van der Waals surface area (Å²) in [7, 11) is 0. The summed E-state index contributed by atoms with van der Waals surface area (Å²) in [6.45, 7) is 3.62. The van der Waals surface area contributed by atoms with Crippen LogP contribution in [0.15, 0.2) is 18.5 Å². The number of hydrogen-bond acceptors (Lipinski definition) is 4. The molecule has 0 aromatic carbocycles. The number of likely N-dealkylation sites (tertiary alicyclic amines) is 1. The molecule has 0 bridgehead atoms. The minimum Gasteiger partial charge on any atom is -0.343 e. The molecule has 132 valence electrons. The summed E-state index contributed by atoms with van der Waals surface area (Å²) in [6, 6.07) is 2.05. The number of nitrogens with zero attached hydrogens (tertiary/aromatic N) is 4. The van der Waals surface area contributed by atoms with Crippen LogP contribution >= 0.6 is 0 Å². The molecule has 25 heavy (non-hydrogen) atoms. The lowest BCUT2D eigenvalue weighted by Gasteiger charge is -2.33. The summed E-state index contributed by atoms with van der Waals surface area (Å²) >= 11 is 0. The number of imidazole rings is 1. The average Bonchev–Trinajstić information content (AvgIpc) is 3.34. The van der Waals surface area contributed by atoms with Crippen molar-refractivity contribution in [2.45, 2.75) is 51.4 Å². The van der Waals surface area contributed by atoms with Crippen molar-refractivity contribution in [1.29, 1.82) is 0 Å². The van der Waals surface area contributed by atoms with Crippen LogP contribution in [0, 0.1) is 12.8 Å². The Kier molecular flexibility index (Phi) is 4.51. The fourth-order valence-corrected chi connectivity index (χ4v) is 4.15. The van der Waals surface area contributed by atoms with Gasteiger partial charge in [0.1, 0.15) is 11.5 Å². The SMILES string of the molecule is Cc1nc(-c2ncc[nH]2)cc(C2CCN(C(=O)C3CCCC3)CC2)n1. The second-order valence-corrected chi connectivity index (χ2v) is 7.24. The monoisotopic (exact) mass is 339 g/mol. The molecule has 0 spiro atoms. The lowest BCUT2D eigenvalue weighted by Crippen LogP contribution is -2.41. The number of amides is 1. The second kappa shape index (κ2) is 6.94. The van der Waals surface area contributed by atoms with E-state index in [1.165, 1.54) is 12.8 Å². The van der Waals surface area contributed by atoms with Gasteiger partial charge in [0.2, 0.25) is 5.91 Å². The van der Waals surface area contributed by atoms with E-state index >= 15 is 0 Å². The predicted octanol–water partition coefficient (Wildman–Crippen LogP) is 3.07. The van der Waals surface area contributed by atoms with Gasteiger partial charge in [0.05, 0.1) is 0 Å². The first-order valence-corrected chi connectivity index (χ1v) is 9.35. The van der Waals surface area contributed by atoms with Crippen molar-refractivity contribution in [2.24, 2.45) is 5.92 Å². The van der Waals surface area contributed by atoms with Gasteiger partial charge in [0, 0.05) is 43.0 Å². The third kappa shape index (κ3) is 3.43. The van der Waals surface area contributed by atoms with Crippen LogP contribution in [-0.2, 0) is 4.79 Å². The third-order valence-electron chi connectivity index (χ3n) is 5.53. The molecule has 1 amide bonds. The highest BCUT2D eigenvalue weighted by atomic mass is 16.2. The summed E-state index contributed by atoms with van der Waals surface area (Å²) in [4.78, 5) is 31.2. The number of aryl methyl sites for hydroxylation is 1. The van der Waals surface area contributed by atoms with Gasteiger partial charge < -0.3 is 9.88 Å². The van der Waals surface area contributed by atoms with E-state index in [1.807, 2.05) is 13.0 Å². The first-order valence-electron chi connectivity index (χ1n) is 9.35. The van der Waals surface area contributed by atoms with E-state index in [1.54, 1.807) is 12.4 Å². The number of carbonyl (C=O) groups excluding carboxylic acids is 1. The first-order chi connectivity index (χ1) is 12.2. The zero-order chi connectivity index (χ0) is 17.2. The number of carbonyl (C=O) groups is 1. The number of aromatic nitrogens is 4. The van der Waals surface area contributed by atoms with E-state index in [0.717, 1.165) is 61.8 Å². The molecule has 1 N–H and O–H groups in total. The summed E-state index contributed by atoms with van der Waals surface area (Å²) < 4.78 is 0. The molecule has 2 aliphatic rings. The molecule has 6 nitrogen and oxygen atoms in total. The van der Waals surface area contributed by atoms with Crippen LogP contribution in [0.3, 0.4) is 0 Å². The number of H-pyrrole nitrogens is 1. The molecule has 2 fully saturated rings. The van der Waals surface area contributed by atoms with E-state index in [9.17, 15) is 4.79 Å². The second-order valence-electron chi connectivity index (χ2n) is 7.24. The quantitative estimate of drug-likeness (QED) is 0.932. The molecule has 0 atom stereocenters. The number of nitrogens with one attached hydrogen (secondary N) is 1. The Morgan fingerprint density at radius 1 is 1.16 bits per heavy atom. The summed E-state index contributed by atoms with van der Waals surface area (Å²) in [5, 5.41) is 0. The lowest BCUT2D eigenvalue weighted by atomic mass is 9.92. The van der Waals surface area contributed by atoms with Crippen molar-refractivity contribution in [3.63, 3.8) is 0 Å². The van der Waals surface area contributed by atoms with E-state index in [-0.39, 0.29) is 5.92 Å². The van der Waals surface area contributed by atoms with Gasteiger partial charge in [0.25, 0.3) is 0 Å². The van der Waals surface area contributed by atoms with Gasteiger partial charge in [-0.25, -0.2) is 15.0 Å². The molecule has 1 aliphatic heterocycles. The molecule has 4 rings (SSSR count). The fraction of sp³-hybridized carbons (Fsp3) is 0.579. The highest BCUT2D eigenvalue weighted by molar-refractivity contribution is 5.79. The van der Waals surface area contributed by atoms with Gasteiger partial charge >= 0.3 is 0 Å². The number of hydrogen-bond donors (Lipinski definition) is 1. The molecular formula is C19H25N5O. The molecule has 6 heteroatoms. The van der Waals surface area contributed by atoms with Crippen LogP contribution in [0.25, 0.3) is 11.5 Å². The molecule has 0 unspecified atom stereocenters. The lowest BCUT2D eigenvalue weighted by molar-refractivity contribution is -0.136. The number of rotatable bonds is 3. The van der Waals surface area contributed by atoms with Crippen LogP contribution in [0.1, 0.15) is 56.0 Å². The van der Waals surface area contributed by atoms with Crippen LogP contribution in [-0.4, -0.2) is 43.8 Å². The van der Waals surface area contributed by atoms with Crippen molar-refractivity contribution >= 4 is 5.91 Å². The largest absolute Gasteiger partial charge is 0.343 e. The molecule has 2 aromatic heterocycles. The highest BCUT2D eigenvalue weighted by Gasteiger charge is 2.31. The maximum Gasteiger partial charge on any atom is 0.225 e. The molecule has 2 aromatic rings. The van der Waals surface area contributed by atoms with Gasteiger partial charge in [0.15, 0.2) is 5.82 Å². The van der Waals surface area contributed by atoms with Gasteiger partial charge in [-0.3, -0.25) is 4.79 Å². The Morgan fingerprint density at radius 3 is 2.60 bits per heavy atom. The van der Waals surface area contributed by atoms with Gasteiger partial charge in [-0.15, -0.1) is 0 Å². The Balaban J connectivity index is 1.45. The maximum absolute atomic E-state index is 12.6. The van der Waals surface area contributed by atoms with Gasteiger partial charge in [-0.05, 0) is 38.7 Å². The van der Waals surface area contributed by atoms with Crippen molar-refractivity contribution in [1.82, 2.24) is 24.8 Å². The molecule has 0 radical (unpaired) electrons. The molecule has 1 saturated heterocycles. The minimum atomic E-state index is 0.281. The fourth-order valence-electron chi connectivity index (χ4n) is 4.15. The summed E-state index contributed by atoms with van der Waals surface area (Å²) in [5.74, 6) is 2.60. The average molecular weight is 339 g/mol. The van der Waals surface area contributed by atoms with Crippen LogP contribution in [0.2, 0.25) is 0 Å². The standard InChI is InChI=1S/C19H25N5O/c1-13-22-16(12-17(23-13)18-20-8-9-21-18)14-6-10-24(11-7-14)19(25)15-4-2-3-5-15/h8-9,12,14-15H,2-7,10-11H2,1H3,(H,20,21). The minimum absolute atomic E-state index is 0.281. The van der Waals surface area contributed by atoms with E-state index in [0.29, 0.717) is 11.8 Å². The van der Waals surface area contributed by atoms with Crippen molar-refractivity contribution < 1.29 is 4.79 Å². The van der Waals surface area contributed by atoms with Crippen LogP contribution < -0.4 is 0 Å². The summed E-state index contributed by atoms with van der Waals surface area (Å²) in [6.07, 6.45) is 10.1. The number of piperidine rings is 1. The molecule has 3 heterocycles. The van der Waals surface area contributed by atoms with Crippen molar-refractivity contribution in [3.05, 3.63) is 30.0 Å². The van der Waals surface area contributed by atoms with E-state index in [4.69, 9.17) is 0 Å². The first kappa shape index (κ1) is 16.2. The Labute approximate surface area is 148 Å². The van der Waals surface area contributed by atoms with E-state index < -0.39 is 0 Å². The smallest absolute Gasteiger partial charge is 0.225 e. The summed E-state index contributed by atoms with van der Waals surface area (Å²) in [5.41, 5.74) is 1.92. The van der Waals surface area contributed by atoms with Crippen molar-refractivity contribution in [3.8, 4) is 11.5 Å². The third-order valence-corrected chi connectivity index (χ3v) is 5.53. The normalized spacial score (nSPS) is 19.5. The number of aromatic amines is 1. The van der Waals surface area contributed by atoms with Crippen molar-refractivity contribution in [2.75, 3.05) is 13.1 Å². The molecule has 1 aliphatic carbocycles. The topological polar surface area (TPSA) is 74.8 Å². The highest BCUT2D eigenvalue weighted by Crippen LogP contribution is 2.32. The zero-order valence-electron chi connectivity index (χ0n) is 14.7. The van der Waals surface area contributed by atoms with Gasteiger partial charge in [-0.1, -0.05) is 12.8 Å². The molecular weight excluding hydrogens is 314 g/mol. The predicted molar refractivity (Wildman–Crippen MR) is 94.9 cm³/mol. The maximum atomic E-state index is 12.6. The Hall–Kier alpha value is -2.24. The van der Waals surface area contributed by atoms with Gasteiger partial charge in [-0.2, -0.15) is 0 Å².